The van der Waals surface area contributed by atoms with Crippen molar-refractivity contribution in [1.29, 1.82) is 0 Å². The Bertz CT molecular complexity index is 1500. The molecule has 9 nitrogen and oxygen atoms in total. The van der Waals surface area contributed by atoms with Crippen LogP contribution in [0.5, 0.6) is 0 Å². The van der Waals surface area contributed by atoms with E-state index in [0.29, 0.717) is 4.90 Å². The van der Waals surface area contributed by atoms with Crippen LogP contribution >= 0.6 is 11.8 Å². The van der Waals surface area contributed by atoms with E-state index in [4.69, 9.17) is 5.73 Å². The Kier molecular flexibility index (Phi) is 6.48. The van der Waals surface area contributed by atoms with Gasteiger partial charge >= 0.3 is 5.97 Å². The van der Waals surface area contributed by atoms with Crippen molar-refractivity contribution in [2.45, 2.75) is 14.7 Å². The quantitative estimate of drug-likeness (QED) is 0.209. The van der Waals surface area contributed by atoms with E-state index in [9.17, 15) is 18.1 Å². The first-order valence-electron chi connectivity index (χ1n) is 9.82. The smallest absolute Gasteiger partial charge is 0.337 e. The molecule has 34 heavy (non-hydrogen) atoms. The monoisotopic (exact) mass is 494 g/mol. The first kappa shape index (κ1) is 23.2. The van der Waals surface area contributed by atoms with Gasteiger partial charge in [-0.1, -0.05) is 30.0 Å². The Labute approximate surface area is 199 Å². The molecule has 4 aromatic rings. The van der Waals surface area contributed by atoms with E-state index in [0.717, 1.165) is 15.8 Å². The Morgan fingerprint density at radius 2 is 1.76 bits per heavy atom. The molecule has 0 aliphatic rings. The highest BCUT2D eigenvalue weighted by atomic mass is 32.2. The Morgan fingerprint density at radius 3 is 2.47 bits per heavy atom. The maximum absolute atomic E-state index is 13.0. The summed E-state index contributed by atoms with van der Waals surface area (Å²) < 4.78 is 32.9. The zero-order valence-electron chi connectivity index (χ0n) is 17.8. The Hall–Kier alpha value is -3.96. The van der Waals surface area contributed by atoms with Crippen molar-refractivity contribution >= 4 is 55.7 Å². The first-order valence-corrected chi connectivity index (χ1v) is 12.1. The molecule has 0 fully saturated rings. The third kappa shape index (κ3) is 4.56. The molecule has 4 rings (SSSR count). The van der Waals surface area contributed by atoms with Crippen molar-refractivity contribution in [3.63, 3.8) is 0 Å². The summed E-state index contributed by atoms with van der Waals surface area (Å²) in [5.41, 5.74) is 6.91. The van der Waals surface area contributed by atoms with Crippen molar-refractivity contribution in [2.75, 3.05) is 17.6 Å². The van der Waals surface area contributed by atoms with Gasteiger partial charge in [-0.05, 0) is 53.7 Å². The summed E-state index contributed by atoms with van der Waals surface area (Å²) in [5, 5.41) is 3.84. The number of sulfonamides is 1. The molecule has 0 radical (unpaired) electrons. The number of nitrogen functional groups attached to an aromatic ring is 1. The van der Waals surface area contributed by atoms with Gasteiger partial charge in [0.05, 0.1) is 23.9 Å². The predicted octanol–water partition coefficient (Wildman–Crippen LogP) is 4.95. The van der Waals surface area contributed by atoms with E-state index in [1.165, 1.54) is 55.3 Å². The number of hydrogen-bond donors (Lipinski definition) is 2. The number of pyridine rings is 1. The van der Waals surface area contributed by atoms with E-state index in [1.54, 1.807) is 6.20 Å². The van der Waals surface area contributed by atoms with Crippen LogP contribution in [0.25, 0.3) is 10.9 Å². The van der Waals surface area contributed by atoms with Crippen molar-refractivity contribution in [1.82, 2.24) is 4.98 Å². The second kappa shape index (κ2) is 9.49. The molecule has 1 heterocycles. The minimum absolute atomic E-state index is 0.0585. The minimum Gasteiger partial charge on any atom is -0.465 e. The lowest BCUT2D eigenvalue weighted by molar-refractivity contribution is 0.0600. The second-order valence-corrected chi connectivity index (χ2v) is 9.76. The number of para-hydroxylation sites is 1. The van der Waals surface area contributed by atoms with Crippen LogP contribution in [0.1, 0.15) is 10.4 Å². The van der Waals surface area contributed by atoms with Crippen LogP contribution in [0.2, 0.25) is 0 Å². The maximum atomic E-state index is 13.0. The van der Waals surface area contributed by atoms with Gasteiger partial charge in [0, 0.05) is 27.1 Å². The number of aromatic nitrogens is 1. The lowest BCUT2D eigenvalue weighted by Gasteiger charge is -2.13. The van der Waals surface area contributed by atoms with E-state index in [-0.39, 0.29) is 21.8 Å². The SMILES string of the molecule is COC(=O)c1ccc(NS(=O)(=O)c2ccc(Sc3cccc4cccnc34)c(N)c2N=O)cc1. The molecule has 0 unspecified atom stereocenters. The Morgan fingerprint density at radius 1 is 1.03 bits per heavy atom. The standard InChI is InChI=1S/C23H18N4O5S2/c1-32-23(28)15-7-9-16(10-8-15)27-34(30,31)19-12-11-17(20(24)22(19)26-29)33-18-6-2-4-14-5-3-13-25-21(14)18/h2-13,27H,24H2,1H3. The molecule has 0 atom stereocenters. The molecule has 3 aromatic carbocycles. The molecular weight excluding hydrogens is 476 g/mol. The highest BCUT2D eigenvalue weighted by Crippen LogP contribution is 2.42. The fraction of sp³-hybridized carbons (Fsp3) is 0.0435. The van der Waals surface area contributed by atoms with Gasteiger partial charge in [0.15, 0.2) is 5.69 Å². The number of nitroso groups, excluding NO2 is 1. The topological polar surface area (TPSA) is 141 Å². The molecule has 0 bridgehead atoms. The molecule has 0 spiro atoms. The Balaban J connectivity index is 1.66. The van der Waals surface area contributed by atoms with Gasteiger partial charge < -0.3 is 10.5 Å². The number of carbonyl (C=O) groups is 1. The fourth-order valence-corrected chi connectivity index (χ4v) is 5.45. The molecule has 1 aromatic heterocycles. The van der Waals surface area contributed by atoms with Crippen LogP contribution < -0.4 is 10.5 Å². The van der Waals surface area contributed by atoms with E-state index >= 15 is 0 Å². The summed E-state index contributed by atoms with van der Waals surface area (Å²) in [6.07, 6.45) is 1.67. The van der Waals surface area contributed by atoms with Gasteiger partial charge in [0.25, 0.3) is 10.0 Å². The molecule has 0 aliphatic heterocycles. The zero-order chi connectivity index (χ0) is 24.3. The van der Waals surface area contributed by atoms with Gasteiger partial charge in [0.1, 0.15) is 4.90 Å². The average Bonchev–Trinajstić information content (AvgIpc) is 2.85. The van der Waals surface area contributed by atoms with Crippen molar-refractivity contribution in [3.05, 3.63) is 83.4 Å². The summed E-state index contributed by atoms with van der Waals surface area (Å²) in [6, 6.07) is 17.8. The summed E-state index contributed by atoms with van der Waals surface area (Å²) in [7, 11) is -2.96. The van der Waals surface area contributed by atoms with Gasteiger partial charge in [0.2, 0.25) is 0 Å². The van der Waals surface area contributed by atoms with E-state index in [2.05, 4.69) is 19.6 Å². The lowest BCUT2D eigenvalue weighted by atomic mass is 10.2. The molecule has 0 amide bonds. The van der Waals surface area contributed by atoms with E-state index in [1.807, 2.05) is 30.3 Å². The average molecular weight is 495 g/mol. The number of rotatable bonds is 7. The number of anilines is 2. The number of carbonyl (C=O) groups excluding carboxylic acids is 1. The third-order valence-electron chi connectivity index (χ3n) is 4.89. The number of benzene rings is 3. The zero-order valence-corrected chi connectivity index (χ0v) is 19.4. The number of methoxy groups -OCH3 is 1. The van der Waals surface area contributed by atoms with Crippen LogP contribution in [-0.4, -0.2) is 26.5 Å². The number of hydrogen-bond acceptors (Lipinski definition) is 9. The molecular formula is C23H18N4O5S2. The normalized spacial score (nSPS) is 11.2. The number of ether oxygens (including phenoxy) is 1. The fourth-order valence-electron chi connectivity index (χ4n) is 3.25. The maximum Gasteiger partial charge on any atom is 0.337 e. The first-order chi connectivity index (χ1) is 16.3. The van der Waals surface area contributed by atoms with Gasteiger partial charge in [-0.25, -0.2) is 13.2 Å². The predicted molar refractivity (Wildman–Crippen MR) is 131 cm³/mol. The van der Waals surface area contributed by atoms with Gasteiger partial charge in [-0.2, -0.15) is 0 Å². The highest BCUT2D eigenvalue weighted by molar-refractivity contribution is 7.99. The highest BCUT2D eigenvalue weighted by Gasteiger charge is 2.24. The molecule has 3 N–H and O–H groups in total. The van der Waals surface area contributed by atoms with E-state index < -0.39 is 21.7 Å². The number of nitrogens with zero attached hydrogens (tertiary/aromatic N) is 2. The van der Waals surface area contributed by atoms with Crippen LogP contribution in [0.15, 0.2) is 92.8 Å². The third-order valence-corrected chi connectivity index (χ3v) is 7.43. The van der Waals surface area contributed by atoms with Crippen LogP contribution in [0.4, 0.5) is 17.1 Å². The number of nitrogens with one attached hydrogen (secondary N) is 1. The number of nitrogens with two attached hydrogens (primary N) is 1. The lowest BCUT2D eigenvalue weighted by Crippen LogP contribution is -2.14. The molecule has 0 saturated carbocycles. The summed E-state index contributed by atoms with van der Waals surface area (Å²) >= 11 is 1.26. The largest absolute Gasteiger partial charge is 0.465 e. The summed E-state index contributed by atoms with van der Waals surface area (Å²) in [5.74, 6) is -0.552. The molecule has 0 saturated heterocycles. The number of fused-ring (bicyclic) bond motifs is 1. The summed E-state index contributed by atoms with van der Waals surface area (Å²) in [4.78, 5) is 28.5. The van der Waals surface area contributed by atoms with Crippen LogP contribution in [-0.2, 0) is 14.8 Å². The molecule has 11 heteroatoms. The molecule has 0 aliphatic carbocycles. The number of esters is 1. The van der Waals surface area contributed by atoms with Crippen molar-refractivity contribution < 1.29 is 17.9 Å². The van der Waals surface area contributed by atoms with Gasteiger partial charge in [-0.3, -0.25) is 9.71 Å². The van der Waals surface area contributed by atoms with Crippen LogP contribution in [0, 0.1) is 4.91 Å². The van der Waals surface area contributed by atoms with Gasteiger partial charge in [-0.15, -0.1) is 4.91 Å². The second-order valence-electron chi connectivity index (χ2n) is 7.02. The minimum atomic E-state index is -4.20. The summed E-state index contributed by atoms with van der Waals surface area (Å²) in [6.45, 7) is 0. The molecule has 172 valence electrons. The van der Waals surface area contributed by atoms with Crippen molar-refractivity contribution in [3.8, 4) is 0 Å². The van der Waals surface area contributed by atoms with Crippen molar-refractivity contribution in [2.24, 2.45) is 5.18 Å². The van der Waals surface area contributed by atoms with Crippen LogP contribution in [0.3, 0.4) is 0 Å².